The van der Waals surface area contributed by atoms with Crippen LogP contribution in [0.3, 0.4) is 0 Å². The highest BCUT2D eigenvalue weighted by Gasteiger charge is 2.44. The molecule has 0 saturated carbocycles. The lowest BCUT2D eigenvalue weighted by Crippen LogP contribution is -2.37. The van der Waals surface area contributed by atoms with E-state index in [2.05, 4.69) is 5.32 Å². The summed E-state index contributed by atoms with van der Waals surface area (Å²) >= 11 is 0. The summed E-state index contributed by atoms with van der Waals surface area (Å²) in [6.07, 6.45) is 1.97. The fraction of sp³-hybridized carbons (Fsp3) is 0.875. The molecule has 4 nitrogen and oxygen atoms in total. The number of nitrogens with one attached hydrogen (secondary N) is 1. The van der Waals surface area contributed by atoms with Crippen molar-refractivity contribution in [2.24, 2.45) is 5.41 Å². The molecule has 13 heavy (non-hydrogen) atoms. The Labute approximate surface area is 77.6 Å². The lowest BCUT2D eigenvalue weighted by atomic mass is 9.84. The first kappa shape index (κ1) is 8.99. The van der Waals surface area contributed by atoms with Gasteiger partial charge in [0.2, 0.25) is 5.91 Å². The summed E-state index contributed by atoms with van der Waals surface area (Å²) in [5, 5.41) is 2.71. The second kappa shape index (κ2) is 2.70. The van der Waals surface area contributed by atoms with Gasteiger partial charge in [-0.1, -0.05) is 0 Å². The van der Waals surface area contributed by atoms with Gasteiger partial charge in [-0.15, -0.1) is 0 Å². The van der Waals surface area contributed by atoms with E-state index < -0.39 is 9.84 Å². The number of rotatable bonds is 0. The van der Waals surface area contributed by atoms with Crippen molar-refractivity contribution in [2.75, 3.05) is 18.1 Å². The third-order valence-electron chi connectivity index (χ3n) is 2.88. The molecule has 2 aliphatic rings. The molecule has 5 heteroatoms. The maximum absolute atomic E-state index is 11.4. The molecule has 2 rings (SSSR count). The van der Waals surface area contributed by atoms with E-state index in [4.69, 9.17) is 0 Å². The zero-order valence-corrected chi connectivity index (χ0v) is 8.19. The fourth-order valence-corrected chi connectivity index (χ4v) is 4.32. The molecule has 2 saturated heterocycles. The zero-order chi connectivity index (χ0) is 9.53. The Balaban J connectivity index is 2.20. The van der Waals surface area contributed by atoms with Crippen LogP contribution >= 0.6 is 0 Å². The lowest BCUT2D eigenvalue weighted by Gasteiger charge is -2.30. The van der Waals surface area contributed by atoms with Crippen molar-refractivity contribution in [1.82, 2.24) is 5.32 Å². The molecular formula is C8H13NO3S. The summed E-state index contributed by atoms with van der Waals surface area (Å²) < 4.78 is 22.8. The van der Waals surface area contributed by atoms with Crippen molar-refractivity contribution in [1.29, 1.82) is 0 Å². The van der Waals surface area contributed by atoms with Crippen molar-refractivity contribution in [3.8, 4) is 0 Å². The Morgan fingerprint density at radius 1 is 1.38 bits per heavy atom. The molecule has 1 N–H and O–H groups in total. The van der Waals surface area contributed by atoms with Gasteiger partial charge in [0.25, 0.3) is 0 Å². The number of carbonyl (C=O) groups excluding carboxylic acids is 1. The monoisotopic (exact) mass is 203 g/mol. The first-order valence-corrected chi connectivity index (χ1v) is 6.31. The largest absolute Gasteiger partial charge is 0.355 e. The summed E-state index contributed by atoms with van der Waals surface area (Å²) in [6, 6.07) is 0. The molecule has 2 aliphatic heterocycles. The van der Waals surface area contributed by atoms with Gasteiger partial charge < -0.3 is 5.32 Å². The smallest absolute Gasteiger partial charge is 0.220 e. The Bertz CT molecular complexity index is 335. The van der Waals surface area contributed by atoms with Crippen LogP contribution < -0.4 is 5.32 Å². The van der Waals surface area contributed by atoms with Crippen molar-refractivity contribution in [3.05, 3.63) is 0 Å². The van der Waals surface area contributed by atoms with Crippen molar-refractivity contribution < 1.29 is 13.2 Å². The Morgan fingerprint density at radius 2 is 2.15 bits per heavy atom. The average molecular weight is 203 g/mol. The molecule has 0 aromatic heterocycles. The number of hydrogen-bond acceptors (Lipinski definition) is 3. The van der Waals surface area contributed by atoms with E-state index in [-0.39, 0.29) is 17.1 Å². The Morgan fingerprint density at radius 3 is 2.69 bits per heavy atom. The van der Waals surface area contributed by atoms with E-state index >= 15 is 0 Å². The normalized spacial score (nSPS) is 37.7. The van der Waals surface area contributed by atoms with Crippen LogP contribution in [0.4, 0.5) is 0 Å². The molecule has 2 heterocycles. The summed E-state index contributed by atoms with van der Waals surface area (Å²) in [4.78, 5) is 11.0. The molecule has 1 spiro atoms. The predicted molar refractivity (Wildman–Crippen MR) is 47.9 cm³/mol. The number of sulfone groups is 1. The minimum atomic E-state index is -2.89. The molecule has 0 aromatic carbocycles. The van der Waals surface area contributed by atoms with E-state index in [1.807, 2.05) is 0 Å². The molecule has 1 amide bonds. The van der Waals surface area contributed by atoms with E-state index in [0.29, 0.717) is 25.1 Å². The zero-order valence-electron chi connectivity index (χ0n) is 7.38. The quantitative estimate of drug-likeness (QED) is 0.588. The van der Waals surface area contributed by atoms with Gasteiger partial charge >= 0.3 is 0 Å². The van der Waals surface area contributed by atoms with Crippen LogP contribution in [0, 0.1) is 5.41 Å². The highest BCUT2D eigenvalue weighted by Crippen LogP contribution is 2.36. The first-order chi connectivity index (χ1) is 6.02. The van der Waals surface area contributed by atoms with Crippen LogP contribution in [-0.2, 0) is 14.6 Å². The highest BCUT2D eigenvalue weighted by atomic mass is 32.2. The van der Waals surface area contributed by atoms with Crippen molar-refractivity contribution >= 4 is 15.7 Å². The lowest BCUT2D eigenvalue weighted by molar-refractivity contribution is -0.119. The standard InChI is InChI=1S/C8H13NO3S/c10-7-4-8(5-9-7)2-1-3-13(11,12)6-8/h1-6H2,(H,9,10). The van der Waals surface area contributed by atoms with Gasteiger partial charge in [-0.2, -0.15) is 0 Å². The molecule has 0 bridgehead atoms. The van der Waals surface area contributed by atoms with Crippen LogP contribution in [0.15, 0.2) is 0 Å². The molecule has 1 unspecified atom stereocenters. The third kappa shape index (κ3) is 1.70. The minimum absolute atomic E-state index is 0.00269. The van der Waals surface area contributed by atoms with E-state index in [1.54, 1.807) is 0 Å². The van der Waals surface area contributed by atoms with Gasteiger partial charge in [0.05, 0.1) is 11.5 Å². The van der Waals surface area contributed by atoms with Crippen LogP contribution in [0.1, 0.15) is 19.3 Å². The van der Waals surface area contributed by atoms with Gasteiger partial charge in [-0.25, -0.2) is 8.42 Å². The first-order valence-electron chi connectivity index (χ1n) is 4.49. The van der Waals surface area contributed by atoms with Gasteiger partial charge in [-0.05, 0) is 12.8 Å². The van der Waals surface area contributed by atoms with Gasteiger partial charge in [0.15, 0.2) is 9.84 Å². The van der Waals surface area contributed by atoms with Crippen LogP contribution in [0.5, 0.6) is 0 Å². The van der Waals surface area contributed by atoms with E-state index in [0.717, 1.165) is 6.42 Å². The summed E-state index contributed by atoms with van der Waals surface area (Å²) in [7, 11) is -2.89. The molecule has 0 radical (unpaired) electrons. The maximum atomic E-state index is 11.4. The average Bonchev–Trinajstić information content (AvgIpc) is 2.29. The maximum Gasteiger partial charge on any atom is 0.220 e. The molecule has 1 atom stereocenters. The SMILES string of the molecule is O=C1CC2(CCCS(=O)(=O)C2)CN1. The van der Waals surface area contributed by atoms with Crippen LogP contribution in [-0.4, -0.2) is 32.4 Å². The topological polar surface area (TPSA) is 63.2 Å². The van der Waals surface area contributed by atoms with Gasteiger partial charge in [-0.3, -0.25) is 4.79 Å². The van der Waals surface area contributed by atoms with Crippen molar-refractivity contribution in [2.45, 2.75) is 19.3 Å². The highest BCUT2D eigenvalue weighted by molar-refractivity contribution is 7.91. The fourth-order valence-electron chi connectivity index (χ4n) is 2.31. The summed E-state index contributed by atoms with van der Waals surface area (Å²) in [6.45, 7) is 0.547. The minimum Gasteiger partial charge on any atom is -0.355 e. The van der Waals surface area contributed by atoms with Crippen LogP contribution in [0.2, 0.25) is 0 Å². The predicted octanol–water partition coefficient (Wildman–Crippen LogP) is -0.299. The Kier molecular flexibility index (Phi) is 1.87. The third-order valence-corrected chi connectivity index (χ3v) is 4.85. The number of carbonyl (C=O) groups is 1. The van der Waals surface area contributed by atoms with Crippen molar-refractivity contribution in [3.63, 3.8) is 0 Å². The summed E-state index contributed by atoms with van der Waals surface area (Å²) in [5.74, 6) is 0.485. The number of amides is 1. The summed E-state index contributed by atoms with van der Waals surface area (Å²) in [5.41, 5.74) is -0.270. The van der Waals surface area contributed by atoms with E-state index in [9.17, 15) is 13.2 Å². The number of hydrogen-bond donors (Lipinski definition) is 1. The Hall–Kier alpha value is -0.580. The molecule has 0 aromatic rings. The van der Waals surface area contributed by atoms with E-state index in [1.165, 1.54) is 0 Å². The molecular weight excluding hydrogens is 190 g/mol. The van der Waals surface area contributed by atoms with Gasteiger partial charge in [0, 0.05) is 18.4 Å². The van der Waals surface area contributed by atoms with Gasteiger partial charge in [0.1, 0.15) is 0 Å². The van der Waals surface area contributed by atoms with Crippen LogP contribution in [0.25, 0.3) is 0 Å². The second-order valence-corrected chi connectivity index (χ2v) is 6.33. The second-order valence-electron chi connectivity index (χ2n) is 4.15. The molecule has 0 aliphatic carbocycles. The molecule has 2 fully saturated rings. The molecule has 74 valence electrons.